The Hall–Kier alpha value is -1.52. The van der Waals surface area contributed by atoms with E-state index in [9.17, 15) is 0 Å². The number of halogens is 1. The number of hydrogen-bond donors (Lipinski definition) is 2. The molecule has 2 aromatic rings. The maximum atomic E-state index is 6.21. The number of ether oxygens (including phenoxy) is 1. The van der Waals surface area contributed by atoms with E-state index in [4.69, 9.17) is 22.1 Å². The molecule has 0 aliphatic heterocycles. The second-order valence-corrected chi connectivity index (χ2v) is 4.40. The molecular formula is C13H16ClN3O. The lowest BCUT2D eigenvalue weighted by Gasteiger charge is -2.11. The van der Waals surface area contributed by atoms with Gasteiger partial charge in [0.1, 0.15) is 5.82 Å². The zero-order valence-electron chi connectivity index (χ0n) is 10.2. The number of methoxy groups -OCH3 is 1. The number of aromatic nitrogens is 1. The van der Waals surface area contributed by atoms with Crippen LogP contribution >= 0.6 is 11.6 Å². The molecule has 0 aliphatic carbocycles. The van der Waals surface area contributed by atoms with Gasteiger partial charge in [-0.05, 0) is 24.6 Å². The Labute approximate surface area is 111 Å². The molecule has 1 aromatic heterocycles. The fourth-order valence-corrected chi connectivity index (χ4v) is 2.09. The number of fused-ring (bicyclic) bond motifs is 1. The summed E-state index contributed by atoms with van der Waals surface area (Å²) < 4.78 is 5.00. The number of nitrogen functional groups attached to an aromatic ring is 1. The Kier molecular flexibility index (Phi) is 4.23. The number of anilines is 2. The van der Waals surface area contributed by atoms with Crippen molar-refractivity contribution in [2.75, 3.05) is 31.3 Å². The van der Waals surface area contributed by atoms with Crippen molar-refractivity contribution >= 4 is 33.9 Å². The van der Waals surface area contributed by atoms with Crippen LogP contribution in [0.3, 0.4) is 0 Å². The summed E-state index contributed by atoms with van der Waals surface area (Å²) in [6.07, 6.45) is 2.64. The number of nitrogens with two attached hydrogens (primary N) is 1. The predicted octanol–water partition coefficient (Wildman–Crippen LogP) is 2.92. The van der Waals surface area contributed by atoms with Crippen LogP contribution in [0.4, 0.5) is 11.5 Å². The number of nitrogens with one attached hydrogen (secondary N) is 1. The molecule has 0 atom stereocenters. The van der Waals surface area contributed by atoms with E-state index in [1.165, 1.54) is 0 Å². The van der Waals surface area contributed by atoms with Crippen molar-refractivity contribution < 1.29 is 4.74 Å². The molecule has 0 spiro atoms. The first-order valence-electron chi connectivity index (χ1n) is 5.79. The van der Waals surface area contributed by atoms with Crippen LogP contribution in [0.25, 0.3) is 10.8 Å². The summed E-state index contributed by atoms with van der Waals surface area (Å²) in [6, 6.07) is 5.47. The summed E-state index contributed by atoms with van der Waals surface area (Å²) in [4.78, 5) is 4.31. The normalized spacial score (nSPS) is 10.8. The van der Waals surface area contributed by atoms with Gasteiger partial charge in [0.05, 0.1) is 5.02 Å². The largest absolute Gasteiger partial charge is 0.398 e. The minimum absolute atomic E-state index is 0.654. The van der Waals surface area contributed by atoms with Gasteiger partial charge in [0.15, 0.2) is 0 Å². The molecule has 5 heteroatoms. The quantitative estimate of drug-likeness (QED) is 0.645. The molecule has 0 saturated heterocycles. The maximum Gasteiger partial charge on any atom is 0.135 e. The van der Waals surface area contributed by atoms with E-state index in [2.05, 4.69) is 10.3 Å². The van der Waals surface area contributed by atoms with Crippen LogP contribution in [0.5, 0.6) is 0 Å². The van der Waals surface area contributed by atoms with Crippen molar-refractivity contribution in [1.29, 1.82) is 0 Å². The molecule has 2 rings (SSSR count). The molecule has 0 bridgehead atoms. The van der Waals surface area contributed by atoms with Gasteiger partial charge in [0.2, 0.25) is 0 Å². The number of rotatable bonds is 5. The lowest BCUT2D eigenvalue weighted by atomic mass is 10.1. The Balaban J connectivity index is 2.30. The van der Waals surface area contributed by atoms with E-state index in [0.29, 0.717) is 17.3 Å². The summed E-state index contributed by atoms with van der Waals surface area (Å²) >= 11 is 6.21. The Morgan fingerprint density at radius 2 is 2.22 bits per heavy atom. The fourth-order valence-electron chi connectivity index (χ4n) is 1.84. The first-order valence-corrected chi connectivity index (χ1v) is 6.17. The molecule has 0 amide bonds. The van der Waals surface area contributed by atoms with Crippen molar-refractivity contribution in [3.8, 4) is 0 Å². The van der Waals surface area contributed by atoms with Gasteiger partial charge in [-0.1, -0.05) is 11.6 Å². The van der Waals surface area contributed by atoms with Crippen molar-refractivity contribution in [3.05, 3.63) is 29.4 Å². The molecular weight excluding hydrogens is 250 g/mol. The summed E-state index contributed by atoms with van der Waals surface area (Å²) in [5.74, 6) is 0.765. The molecule has 96 valence electrons. The lowest BCUT2D eigenvalue weighted by Crippen LogP contribution is -2.06. The molecule has 0 radical (unpaired) electrons. The molecule has 1 heterocycles. The van der Waals surface area contributed by atoms with Gasteiger partial charge in [-0.15, -0.1) is 0 Å². The van der Waals surface area contributed by atoms with Crippen LogP contribution in [0.1, 0.15) is 6.42 Å². The Morgan fingerprint density at radius 1 is 1.39 bits per heavy atom. The third-order valence-electron chi connectivity index (χ3n) is 2.73. The Morgan fingerprint density at radius 3 is 3.00 bits per heavy atom. The van der Waals surface area contributed by atoms with Crippen molar-refractivity contribution in [2.45, 2.75) is 6.42 Å². The minimum atomic E-state index is 0.654. The zero-order valence-corrected chi connectivity index (χ0v) is 11.0. The smallest absolute Gasteiger partial charge is 0.135 e. The lowest BCUT2D eigenvalue weighted by molar-refractivity contribution is 0.198. The van der Waals surface area contributed by atoms with Crippen molar-refractivity contribution in [1.82, 2.24) is 4.98 Å². The molecule has 18 heavy (non-hydrogen) atoms. The van der Waals surface area contributed by atoms with Gasteiger partial charge >= 0.3 is 0 Å². The third-order valence-corrected chi connectivity index (χ3v) is 3.04. The van der Waals surface area contributed by atoms with Gasteiger partial charge in [-0.3, -0.25) is 0 Å². The van der Waals surface area contributed by atoms with E-state index in [0.717, 1.165) is 29.6 Å². The minimum Gasteiger partial charge on any atom is -0.398 e. The summed E-state index contributed by atoms with van der Waals surface area (Å²) in [7, 11) is 1.69. The van der Waals surface area contributed by atoms with E-state index >= 15 is 0 Å². The SMILES string of the molecule is COCCCNc1nccc2c(N)ccc(Cl)c12. The number of nitrogens with zero attached hydrogens (tertiary/aromatic N) is 1. The predicted molar refractivity (Wildman–Crippen MR) is 76.1 cm³/mol. The monoisotopic (exact) mass is 265 g/mol. The van der Waals surface area contributed by atoms with Gasteiger partial charge in [0, 0.05) is 42.9 Å². The highest BCUT2D eigenvalue weighted by Gasteiger charge is 2.08. The van der Waals surface area contributed by atoms with Crippen LogP contribution in [0, 0.1) is 0 Å². The van der Waals surface area contributed by atoms with Crippen LogP contribution in [0.2, 0.25) is 5.02 Å². The highest BCUT2D eigenvalue weighted by atomic mass is 35.5. The molecule has 0 aliphatic rings. The number of benzene rings is 1. The van der Waals surface area contributed by atoms with Crippen molar-refractivity contribution in [3.63, 3.8) is 0 Å². The first kappa shape index (κ1) is 12.9. The molecule has 1 aromatic carbocycles. The average molecular weight is 266 g/mol. The molecule has 4 nitrogen and oxygen atoms in total. The van der Waals surface area contributed by atoms with E-state index < -0.39 is 0 Å². The van der Waals surface area contributed by atoms with Gasteiger partial charge in [-0.25, -0.2) is 4.98 Å². The summed E-state index contributed by atoms with van der Waals surface area (Å²) in [5, 5.41) is 5.71. The van der Waals surface area contributed by atoms with Gasteiger partial charge < -0.3 is 15.8 Å². The van der Waals surface area contributed by atoms with Crippen LogP contribution < -0.4 is 11.1 Å². The first-order chi connectivity index (χ1) is 8.74. The molecule has 0 saturated carbocycles. The summed E-state index contributed by atoms with van der Waals surface area (Å²) in [6.45, 7) is 1.50. The van der Waals surface area contributed by atoms with E-state index in [-0.39, 0.29) is 0 Å². The van der Waals surface area contributed by atoms with Crippen LogP contribution in [-0.4, -0.2) is 25.2 Å². The van der Waals surface area contributed by atoms with Crippen LogP contribution in [0.15, 0.2) is 24.4 Å². The maximum absolute atomic E-state index is 6.21. The topological polar surface area (TPSA) is 60.2 Å². The Bertz CT molecular complexity index is 545. The van der Waals surface area contributed by atoms with Crippen molar-refractivity contribution in [2.24, 2.45) is 0 Å². The zero-order chi connectivity index (χ0) is 13.0. The standard InChI is InChI=1S/C13H16ClN3O/c1-18-8-2-6-16-13-12-9(5-7-17-13)11(15)4-3-10(12)14/h3-5,7H,2,6,8,15H2,1H3,(H,16,17). The molecule has 3 N–H and O–H groups in total. The fraction of sp³-hybridized carbons (Fsp3) is 0.308. The highest BCUT2D eigenvalue weighted by Crippen LogP contribution is 2.32. The van der Waals surface area contributed by atoms with E-state index in [1.54, 1.807) is 25.4 Å². The summed E-state index contributed by atoms with van der Waals surface area (Å²) in [5.41, 5.74) is 6.64. The van der Waals surface area contributed by atoms with Crippen LogP contribution in [-0.2, 0) is 4.74 Å². The average Bonchev–Trinajstić information content (AvgIpc) is 2.39. The van der Waals surface area contributed by atoms with Gasteiger partial charge in [0.25, 0.3) is 0 Å². The second-order valence-electron chi connectivity index (χ2n) is 3.99. The van der Waals surface area contributed by atoms with E-state index in [1.807, 2.05) is 6.07 Å². The number of hydrogen-bond acceptors (Lipinski definition) is 4. The third kappa shape index (κ3) is 2.66. The number of pyridine rings is 1. The second kappa shape index (κ2) is 5.89. The highest BCUT2D eigenvalue weighted by molar-refractivity contribution is 6.37. The molecule has 0 fully saturated rings. The van der Waals surface area contributed by atoms with Gasteiger partial charge in [-0.2, -0.15) is 0 Å². The molecule has 0 unspecified atom stereocenters.